The van der Waals surface area contributed by atoms with E-state index < -0.39 is 18.2 Å². The van der Waals surface area contributed by atoms with Gasteiger partial charge in [-0.3, -0.25) is 9.67 Å². The lowest BCUT2D eigenvalue weighted by atomic mass is 10.1. The lowest BCUT2D eigenvalue weighted by Crippen LogP contribution is -2.03. The van der Waals surface area contributed by atoms with E-state index >= 15 is 0 Å². The van der Waals surface area contributed by atoms with Gasteiger partial charge in [0.2, 0.25) is 0 Å². The molecule has 0 fully saturated rings. The molecular weight excluding hydrogens is 339 g/mol. The van der Waals surface area contributed by atoms with Crippen molar-refractivity contribution in [2.45, 2.75) is 19.4 Å². The number of fused-ring (bicyclic) bond motifs is 1. The fourth-order valence-electron chi connectivity index (χ4n) is 2.26. The van der Waals surface area contributed by atoms with Gasteiger partial charge in [0.25, 0.3) is 0 Å². The fourth-order valence-corrected chi connectivity index (χ4v) is 2.83. The molecule has 0 unspecified atom stereocenters. The first-order valence-corrected chi connectivity index (χ1v) is 8.38. The van der Waals surface area contributed by atoms with Crippen LogP contribution in [0.25, 0.3) is 22.2 Å². The zero-order chi connectivity index (χ0) is 17.1. The van der Waals surface area contributed by atoms with Crippen LogP contribution in [0.15, 0.2) is 36.7 Å². The fraction of sp³-hybridized carbons (Fsp3) is 0.250. The van der Waals surface area contributed by atoms with Crippen LogP contribution in [0.4, 0.5) is 13.2 Å². The Labute approximate surface area is 140 Å². The van der Waals surface area contributed by atoms with E-state index in [1.165, 1.54) is 12.1 Å². The zero-order valence-corrected chi connectivity index (χ0v) is 13.6. The standard InChI is InChI=1S/C16H14F3N3OS/c1-2-24-9-22-14-5-11(7-20-13(14)8-21-22)10-3-4-12(17)15(6-10)23-16(18)19/h3-8,16H,2,9H2,1H3. The molecule has 8 heteroatoms. The molecule has 2 heterocycles. The van der Waals surface area contributed by atoms with E-state index in [1.54, 1.807) is 24.2 Å². The normalized spacial score (nSPS) is 11.4. The van der Waals surface area contributed by atoms with E-state index in [0.717, 1.165) is 22.9 Å². The zero-order valence-electron chi connectivity index (χ0n) is 12.7. The minimum atomic E-state index is -3.08. The van der Waals surface area contributed by atoms with Crippen molar-refractivity contribution in [2.24, 2.45) is 0 Å². The molecule has 1 aromatic carbocycles. The molecule has 3 rings (SSSR count). The van der Waals surface area contributed by atoms with Gasteiger partial charge in [0.1, 0.15) is 5.52 Å². The van der Waals surface area contributed by atoms with Crippen LogP contribution in [0.1, 0.15) is 6.92 Å². The molecule has 0 saturated carbocycles. The Hall–Kier alpha value is -2.22. The van der Waals surface area contributed by atoms with E-state index in [-0.39, 0.29) is 0 Å². The summed E-state index contributed by atoms with van der Waals surface area (Å²) in [5.74, 6) is 0.324. The molecule has 0 spiro atoms. The summed E-state index contributed by atoms with van der Waals surface area (Å²) in [7, 11) is 0. The van der Waals surface area contributed by atoms with E-state index in [9.17, 15) is 13.2 Å². The van der Waals surface area contributed by atoms with Gasteiger partial charge in [-0.05, 0) is 29.5 Å². The Balaban J connectivity index is 1.99. The molecule has 0 saturated heterocycles. The Morgan fingerprint density at radius 2 is 2.04 bits per heavy atom. The van der Waals surface area contributed by atoms with Crippen molar-refractivity contribution in [2.75, 3.05) is 5.75 Å². The molecule has 0 aliphatic carbocycles. The van der Waals surface area contributed by atoms with E-state index in [1.807, 2.05) is 10.7 Å². The highest BCUT2D eigenvalue weighted by Gasteiger charge is 2.13. The highest BCUT2D eigenvalue weighted by molar-refractivity contribution is 7.98. The molecule has 0 amide bonds. The number of hydrogen-bond donors (Lipinski definition) is 0. The van der Waals surface area contributed by atoms with Gasteiger partial charge in [-0.1, -0.05) is 13.0 Å². The van der Waals surface area contributed by atoms with Gasteiger partial charge in [0.15, 0.2) is 11.6 Å². The monoisotopic (exact) mass is 353 g/mol. The molecule has 0 N–H and O–H groups in total. The Morgan fingerprint density at radius 3 is 2.79 bits per heavy atom. The minimum absolute atomic E-state index is 0.488. The van der Waals surface area contributed by atoms with Gasteiger partial charge in [-0.2, -0.15) is 13.9 Å². The van der Waals surface area contributed by atoms with Crippen molar-refractivity contribution < 1.29 is 17.9 Å². The molecule has 126 valence electrons. The summed E-state index contributed by atoms with van der Waals surface area (Å²) in [5, 5.41) is 4.29. The van der Waals surface area contributed by atoms with Crippen molar-refractivity contribution in [3.05, 3.63) is 42.5 Å². The van der Waals surface area contributed by atoms with Crippen molar-refractivity contribution in [3.63, 3.8) is 0 Å². The molecular formula is C16H14F3N3OS. The first-order valence-electron chi connectivity index (χ1n) is 7.22. The van der Waals surface area contributed by atoms with Crippen molar-refractivity contribution >= 4 is 22.8 Å². The second-order valence-electron chi connectivity index (χ2n) is 4.92. The van der Waals surface area contributed by atoms with Gasteiger partial charge in [-0.25, -0.2) is 4.39 Å². The number of thioether (sulfide) groups is 1. The minimum Gasteiger partial charge on any atom is -0.432 e. The number of benzene rings is 1. The van der Waals surface area contributed by atoms with E-state index in [0.29, 0.717) is 17.0 Å². The second kappa shape index (κ2) is 7.12. The Morgan fingerprint density at radius 1 is 1.21 bits per heavy atom. The van der Waals surface area contributed by atoms with Gasteiger partial charge in [0, 0.05) is 11.8 Å². The summed E-state index contributed by atoms with van der Waals surface area (Å²) in [4.78, 5) is 4.32. The van der Waals surface area contributed by atoms with Crippen LogP contribution in [0.3, 0.4) is 0 Å². The topological polar surface area (TPSA) is 39.9 Å². The molecule has 4 nitrogen and oxygen atoms in total. The Bertz CT molecular complexity index is 854. The smallest absolute Gasteiger partial charge is 0.387 e. The summed E-state index contributed by atoms with van der Waals surface area (Å²) < 4.78 is 44.3. The van der Waals surface area contributed by atoms with Gasteiger partial charge >= 0.3 is 6.61 Å². The number of hydrogen-bond acceptors (Lipinski definition) is 4. The van der Waals surface area contributed by atoms with Crippen LogP contribution in [-0.2, 0) is 5.88 Å². The maximum absolute atomic E-state index is 13.6. The quantitative estimate of drug-likeness (QED) is 0.652. The van der Waals surface area contributed by atoms with Gasteiger partial charge in [0.05, 0.1) is 17.6 Å². The summed E-state index contributed by atoms with van der Waals surface area (Å²) in [6, 6.07) is 5.69. The summed E-state index contributed by atoms with van der Waals surface area (Å²) in [6.07, 6.45) is 3.27. The van der Waals surface area contributed by atoms with Crippen LogP contribution >= 0.6 is 11.8 Å². The first kappa shape index (κ1) is 16.6. The van der Waals surface area contributed by atoms with Crippen LogP contribution < -0.4 is 4.74 Å². The lowest BCUT2D eigenvalue weighted by molar-refractivity contribution is -0.0521. The molecule has 24 heavy (non-hydrogen) atoms. The number of aromatic nitrogens is 3. The van der Waals surface area contributed by atoms with Crippen LogP contribution in [-0.4, -0.2) is 27.1 Å². The summed E-state index contributed by atoms with van der Waals surface area (Å²) >= 11 is 1.71. The third kappa shape index (κ3) is 3.48. The third-order valence-corrected chi connectivity index (χ3v) is 4.23. The van der Waals surface area contributed by atoms with Crippen LogP contribution in [0.2, 0.25) is 0 Å². The highest BCUT2D eigenvalue weighted by Crippen LogP contribution is 2.29. The second-order valence-corrected chi connectivity index (χ2v) is 6.16. The summed E-state index contributed by atoms with van der Waals surface area (Å²) in [6.45, 7) is -1.02. The largest absolute Gasteiger partial charge is 0.432 e. The number of halogens is 3. The third-order valence-electron chi connectivity index (χ3n) is 3.39. The van der Waals surface area contributed by atoms with E-state index in [2.05, 4.69) is 21.7 Å². The molecule has 0 radical (unpaired) electrons. The molecule has 3 aromatic rings. The number of rotatable bonds is 6. The Kier molecular flexibility index (Phi) is 4.94. The van der Waals surface area contributed by atoms with Crippen molar-refractivity contribution in [1.82, 2.24) is 14.8 Å². The molecule has 0 atom stereocenters. The average Bonchev–Trinajstić information content (AvgIpc) is 2.96. The maximum atomic E-state index is 13.6. The molecule has 2 aromatic heterocycles. The average molecular weight is 353 g/mol. The van der Waals surface area contributed by atoms with Crippen LogP contribution in [0, 0.1) is 5.82 Å². The predicted octanol–water partition coefficient (Wildman–Crippen LogP) is 4.55. The highest BCUT2D eigenvalue weighted by atomic mass is 32.2. The number of alkyl halides is 2. The number of ether oxygens (including phenoxy) is 1. The van der Waals surface area contributed by atoms with Crippen LogP contribution in [0.5, 0.6) is 5.75 Å². The van der Waals surface area contributed by atoms with Crippen molar-refractivity contribution in [3.8, 4) is 16.9 Å². The van der Waals surface area contributed by atoms with Crippen molar-refractivity contribution in [1.29, 1.82) is 0 Å². The predicted molar refractivity (Wildman–Crippen MR) is 87.7 cm³/mol. The first-order chi connectivity index (χ1) is 11.6. The summed E-state index contributed by atoms with van der Waals surface area (Å²) in [5.41, 5.74) is 2.78. The van der Waals surface area contributed by atoms with Gasteiger partial charge in [-0.15, -0.1) is 11.8 Å². The molecule has 0 aliphatic rings. The molecule has 0 aliphatic heterocycles. The van der Waals surface area contributed by atoms with Gasteiger partial charge < -0.3 is 4.74 Å². The maximum Gasteiger partial charge on any atom is 0.387 e. The SMILES string of the molecule is CCSCn1ncc2ncc(-c3ccc(F)c(OC(F)F)c3)cc21. The number of pyridine rings is 1. The lowest BCUT2D eigenvalue weighted by Gasteiger charge is -2.09. The van der Waals surface area contributed by atoms with E-state index in [4.69, 9.17) is 0 Å². The number of nitrogens with zero attached hydrogens (tertiary/aromatic N) is 3. The molecule has 0 bridgehead atoms.